The van der Waals surface area contributed by atoms with E-state index in [9.17, 15) is 4.79 Å². The van der Waals surface area contributed by atoms with Gasteiger partial charge in [-0.15, -0.1) is 11.3 Å². The van der Waals surface area contributed by atoms with Crippen molar-refractivity contribution in [2.75, 3.05) is 18.5 Å². The Morgan fingerprint density at radius 1 is 1.26 bits per heavy atom. The summed E-state index contributed by atoms with van der Waals surface area (Å²) in [5.41, 5.74) is 2.89. The number of ether oxygens (including phenoxy) is 1. The van der Waals surface area contributed by atoms with Crippen molar-refractivity contribution < 1.29 is 4.74 Å². The first-order chi connectivity index (χ1) is 13.2. The van der Waals surface area contributed by atoms with Crippen LogP contribution in [0.25, 0.3) is 0 Å². The first kappa shape index (κ1) is 18.7. The molecule has 0 aliphatic rings. The second-order valence-corrected chi connectivity index (χ2v) is 7.14. The molecule has 6 heteroatoms. The van der Waals surface area contributed by atoms with E-state index in [0.29, 0.717) is 18.9 Å². The smallest absolute Gasteiger partial charge is 0.254 e. The molecule has 3 aromatic rings. The highest BCUT2D eigenvalue weighted by Crippen LogP contribution is 2.19. The molecule has 0 saturated carbocycles. The van der Waals surface area contributed by atoms with Gasteiger partial charge in [0.25, 0.3) is 5.56 Å². The summed E-state index contributed by atoms with van der Waals surface area (Å²) in [5, 5.41) is 13.9. The fourth-order valence-corrected chi connectivity index (χ4v) is 3.49. The number of pyridine rings is 1. The molecule has 0 amide bonds. The van der Waals surface area contributed by atoms with Crippen LogP contribution in [-0.4, -0.2) is 17.7 Å². The molecule has 0 bridgehead atoms. The molecule has 0 spiro atoms. The van der Waals surface area contributed by atoms with Gasteiger partial charge in [0.1, 0.15) is 12.3 Å². The van der Waals surface area contributed by atoms with Gasteiger partial charge in [-0.25, -0.2) is 0 Å². The summed E-state index contributed by atoms with van der Waals surface area (Å²) in [7, 11) is 0. The molecule has 1 aromatic carbocycles. The number of rotatable bonds is 8. The van der Waals surface area contributed by atoms with E-state index in [1.807, 2.05) is 42.6 Å². The Morgan fingerprint density at radius 3 is 2.89 bits per heavy atom. The zero-order valence-corrected chi connectivity index (χ0v) is 16.0. The third-order valence-electron chi connectivity index (χ3n) is 4.31. The summed E-state index contributed by atoms with van der Waals surface area (Å²) < 4.78 is 7.36. The van der Waals surface area contributed by atoms with Gasteiger partial charge in [-0.05, 0) is 41.6 Å². The van der Waals surface area contributed by atoms with Crippen molar-refractivity contribution in [3.63, 3.8) is 0 Å². The number of nitrogens with one attached hydrogen (secondary N) is 1. The van der Waals surface area contributed by atoms with Crippen LogP contribution in [0.1, 0.15) is 16.0 Å². The van der Waals surface area contributed by atoms with Crippen molar-refractivity contribution in [1.82, 2.24) is 4.57 Å². The van der Waals surface area contributed by atoms with Gasteiger partial charge < -0.3 is 14.6 Å². The third kappa shape index (κ3) is 4.99. The molecule has 0 saturated heterocycles. The molecule has 2 aromatic heterocycles. The highest BCUT2D eigenvalue weighted by atomic mass is 32.1. The number of aromatic nitrogens is 1. The number of benzene rings is 1. The summed E-state index contributed by atoms with van der Waals surface area (Å²) in [4.78, 5) is 13.7. The molecule has 2 heterocycles. The van der Waals surface area contributed by atoms with Crippen LogP contribution in [0.2, 0.25) is 0 Å². The normalized spacial score (nSPS) is 10.4. The average molecular weight is 379 g/mol. The van der Waals surface area contributed by atoms with Gasteiger partial charge in [0, 0.05) is 29.2 Å². The van der Waals surface area contributed by atoms with E-state index in [4.69, 9.17) is 10.00 Å². The van der Waals surface area contributed by atoms with Crippen LogP contribution < -0.4 is 15.6 Å². The van der Waals surface area contributed by atoms with Gasteiger partial charge in [-0.2, -0.15) is 5.26 Å². The highest BCUT2D eigenvalue weighted by Gasteiger charge is 2.06. The van der Waals surface area contributed by atoms with Gasteiger partial charge >= 0.3 is 0 Å². The predicted octanol–water partition coefficient (Wildman–Crippen LogP) is 3.82. The summed E-state index contributed by atoms with van der Waals surface area (Å²) in [6.07, 6.45) is 2.60. The van der Waals surface area contributed by atoms with Crippen molar-refractivity contribution >= 4 is 17.0 Å². The van der Waals surface area contributed by atoms with Crippen molar-refractivity contribution in [2.24, 2.45) is 0 Å². The van der Waals surface area contributed by atoms with Gasteiger partial charge in [0.2, 0.25) is 0 Å². The Balaban J connectivity index is 1.66. The van der Waals surface area contributed by atoms with Gasteiger partial charge in [-0.3, -0.25) is 4.79 Å². The van der Waals surface area contributed by atoms with E-state index in [2.05, 4.69) is 17.5 Å². The molecule has 138 valence electrons. The third-order valence-corrected chi connectivity index (χ3v) is 5.25. The number of anilines is 1. The standard InChI is InChI=1S/C21H21N3O2S/c1-16-17(4-2-6-20(16)23-10-9-22)15-24-11-7-18(14-21(24)25)26-12-8-19-5-3-13-27-19/h2-7,11,13-14,23H,8,10,12,15H2,1H3. The van der Waals surface area contributed by atoms with E-state index < -0.39 is 0 Å². The van der Waals surface area contributed by atoms with Crippen LogP contribution >= 0.6 is 11.3 Å². The van der Waals surface area contributed by atoms with E-state index in [-0.39, 0.29) is 12.1 Å². The highest BCUT2D eigenvalue weighted by molar-refractivity contribution is 7.09. The van der Waals surface area contributed by atoms with Crippen LogP contribution in [0.4, 0.5) is 5.69 Å². The minimum atomic E-state index is -0.0987. The molecule has 0 atom stereocenters. The number of hydrogen-bond acceptors (Lipinski definition) is 5. The molecular weight excluding hydrogens is 358 g/mol. The molecular formula is C21H21N3O2S. The molecule has 0 radical (unpaired) electrons. The van der Waals surface area contributed by atoms with E-state index in [0.717, 1.165) is 23.2 Å². The molecule has 0 aliphatic heterocycles. The molecule has 0 unspecified atom stereocenters. The molecule has 0 aliphatic carbocycles. The minimum absolute atomic E-state index is 0.0987. The molecule has 3 rings (SSSR count). The van der Waals surface area contributed by atoms with Crippen LogP contribution in [0.3, 0.4) is 0 Å². The Kier molecular flexibility index (Phi) is 6.29. The Hall–Kier alpha value is -3.04. The molecule has 5 nitrogen and oxygen atoms in total. The second kappa shape index (κ2) is 9.06. The van der Waals surface area contributed by atoms with Crippen LogP contribution in [0.15, 0.2) is 58.8 Å². The lowest BCUT2D eigenvalue weighted by atomic mass is 10.1. The zero-order chi connectivity index (χ0) is 19.1. The number of hydrogen-bond donors (Lipinski definition) is 1. The number of nitrogens with zero attached hydrogens (tertiary/aromatic N) is 2. The molecule has 27 heavy (non-hydrogen) atoms. The fourth-order valence-electron chi connectivity index (χ4n) is 2.80. The van der Waals surface area contributed by atoms with Crippen molar-refractivity contribution in [2.45, 2.75) is 19.9 Å². The number of thiophene rings is 1. The van der Waals surface area contributed by atoms with Gasteiger partial charge in [-0.1, -0.05) is 18.2 Å². The Morgan fingerprint density at radius 2 is 2.15 bits per heavy atom. The lowest BCUT2D eigenvalue weighted by Gasteiger charge is -2.13. The van der Waals surface area contributed by atoms with Crippen LogP contribution in [0.5, 0.6) is 5.75 Å². The first-order valence-electron chi connectivity index (χ1n) is 8.72. The number of nitriles is 1. The van der Waals surface area contributed by atoms with E-state index in [1.54, 1.807) is 22.1 Å². The zero-order valence-electron chi connectivity index (χ0n) is 15.1. The summed E-state index contributed by atoms with van der Waals surface area (Å²) in [6, 6.07) is 15.4. The lowest BCUT2D eigenvalue weighted by Crippen LogP contribution is -2.20. The average Bonchev–Trinajstić information content (AvgIpc) is 3.18. The van der Waals surface area contributed by atoms with Crippen molar-refractivity contribution in [1.29, 1.82) is 5.26 Å². The maximum Gasteiger partial charge on any atom is 0.254 e. The lowest BCUT2D eigenvalue weighted by molar-refractivity contribution is 0.321. The second-order valence-electron chi connectivity index (χ2n) is 6.11. The van der Waals surface area contributed by atoms with Gasteiger partial charge in [0.05, 0.1) is 19.2 Å². The Bertz CT molecular complexity index is 987. The molecule has 0 fully saturated rings. The predicted molar refractivity (Wildman–Crippen MR) is 109 cm³/mol. The summed E-state index contributed by atoms with van der Waals surface area (Å²) in [6.45, 7) is 3.27. The van der Waals surface area contributed by atoms with Gasteiger partial charge in [0.15, 0.2) is 0 Å². The Labute approximate surface area is 162 Å². The summed E-state index contributed by atoms with van der Waals surface area (Å²) in [5.74, 6) is 0.592. The van der Waals surface area contributed by atoms with Crippen molar-refractivity contribution in [3.05, 3.63) is 80.4 Å². The van der Waals surface area contributed by atoms with E-state index in [1.165, 1.54) is 10.9 Å². The van der Waals surface area contributed by atoms with Crippen LogP contribution in [0, 0.1) is 18.3 Å². The maximum atomic E-state index is 12.4. The SMILES string of the molecule is Cc1c(Cn2ccc(OCCc3cccs3)cc2=O)cccc1NCC#N. The van der Waals surface area contributed by atoms with Crippen molar-refractivity contribution in [3.8, 4) is 11.8 Å². The largest absolute Gasteiger partial charge is 0.493 e. The minimum Gasteiger partial charge on any atom is -0.493 e. The van der Waals surface area contributed by atoms with Crippen LogP contribution in [-0.2, 0) is 13.0 Å². The van der Waals surface area contributed by atoms with E-state index >= 15 is 0 Å². The topological polar surface area (TPSA) is 67.0 Å². The fraction of sp³-hybridized carbons (Fsp3) is 0.238. The molecule has 1 N–H and O–H groups in total. The first-order valence-corrected chi connectivity index (χ1v) is 9.60. The maximum absolute atomic E-state index is 12.4. The quantitative estimate of drug-likeness (QED) is 0.604. The monoisotopic (exact) mass is 379 g/mol. The summed E-state index contributed by atoms with van der Waals surface area (Å²) >= 11 is 1.70.